The van der Waals surface area contributed by atoms with Gasteiger partial charge in [-0.3, -0.25) is 19.4 Å². The summed E-state index contributed by atoms with van der Waals surface area (Å²) in [6.45, 7) is 3.62. The van der Waals surface area contributed by atoms with Gasteiger partial charge in [-0.25, -0.2) is 14.8 Å². The van der Waals surface area contributed by atoms with Crippen LogP contribution >= 0.6 is 0 Å². The number of piperazine rings is 1. The van der Waals surface area contributed by atoms with Crippen LogP contribution in [0.3, 0.4) is 0 Å². The van der Waals surface area contributed by atoms with Gasteiger partial charge in [-0.2, -0.15) is 5.10 Å². The van der Waals surface area contributed by atoms with E-state index in [1.54, 1.807) is 35.6 Å². The zero-order chi connectivity index (χ0) is 26.9. The predicted octanol–water partition coefficient (Wildman–Crippen LogP) is 4.13. The summed E-state index contributed by atoms with van der Waals surface area (Å²) in [7, 11) is 0. The molecule has 6 rings (SSSR count). The van der Waals surface area contributed by atoms with Crippen LogP contribution in [0.1, 0.15) is 30.1 Å². The first-order valence-electron chi connectivity index (χ1n) is 13.0. The molecule has 2 aliphatic heterocycles. The number of amides is 2. The van der Waals surface area contributed by atoms with Crippen LogP contribution in [0.5, 0.6) is 0 Å². The number of aromatic nitrogens is 5. The normalized spacial score (nSPS) is 18.3. The molecule has 2 unspecified atom stereocenters. The van der Waals surface area contributed by atoms with Gasteiger partial charge in [-0.05, 0) is 62.2 Å². The van der Waals surface area contributed by atoms with Gasteiger partial charge in [0.2, 0.25) is 5.95 Å². The minimum Gasteiger partial charge on any atom is -0.465 e. The molecule has 39 heavy (non-hydrogen) atoms. The third kappa shape index (κ3) is 4.78. The van der Waals surface area contributed by atoms with Gasteiger partial charge in [0.1, 0.15) is 5.69 Å². The highest BCUT2D eigenvalue weighted by molar-refractivity contribution is 5.95. The van der Waals surface area contributed by atoms with Crippen LogP contribution in [0.2, 0.25) is 0 Å². The molecule has 2 saturated heterocycles. The highest BCUT2D eigenvalue weighted by Gasteiger charge is 2.44. The number of aryl methyl sites for hydroxylation is 1. The van der Waals surface area contributed by atoms with E-state index in [-0.39, 0.29) is 18.0 Å². The van der Waals surface area contributed by atoms with E-state index in [0.29, 0.717) is 24.6 Å². The van der Waals surface area contributed by atoms with Crippen LogP contribution in [0.15, 0.2) is 67.3 Å². The van der Waals surface area contributed by atoms with Crippen molar-refractivity contribution in [3.63, 3.8) is 0 Å². The number of benzene rings is 1. The first-order chi connectivity index (χ1) is 19.0. The molecule has 2 fully saturated rings. The fraction of sp³-hybridized carbons (Fsp3) is 0.286. The SMILES string of the molecule is CCn1cc(-c2ccnc(Nc3ccc(C(=O)N4CC5CCC(C4)N5C(=O)O)cc3)n2)c(-c2cccnc2)n1. The summed E-state index contributed by atoms with van der Waals surface area (Å²) in [5.41, 5.74) is 4.63. The molecule has 198 valence electrons. The number of likely N-dealkylation sites (tertiary alicyclic amines) is 1. The van der Waals surface area contributed by atoms with Gasteiger partial charge >= 0.3 is 6.09 Å². The Balaban J connectivity index is 1.18. The maximum Gasteiger partial charge on any atom is 0.407 e. The zero-order valence-corrected chi connectivity index (χ0v) is 21.4. The molecule has 0 saturated carbocycles. The average molecular weight is 525 g/mol. The van der Waals surface area contributed by atoms with Crippen molar-refractivity contribution in [3.8, 4) is 22.5 Å². The number of carbonyl (C=O) groups is 2. The maximum absolute atomic E-state index is 13.1. The second-order valence-electron chi connectivity index (χ2n) is 9.74. The Bertz CT molecular complexity index is 1490. The second kappa shape index (κ2) is 10.2. The molecule has 0 aliphatic carbocycles. The van der Waals surface area contributed by atoms with Gasteiger partial charge in [-0.15, -0.1) is 0 Å². The topological polar surface area (TPSA) is 129 Å². The molecule has 5 heterocycles. The van der Waals surface area contributed by atoms with Crippen molar-refractivity contribution in [1.29, 1.82) is 0 Å². The number of fused-ring (bicyclic) bond motifs is 2. The Hall–Kier alpha value is -4.80. The van der Waals surface area contributed by atoms with Crippen LogP contribution in [0, 0.1) is 0 Å². The van der Waals surface area contributed by atoms with Crippen molar-refractivity contribution in [3.05, 3.63) is 72.8 Å². The van der Waals surface area contributed by atoms with E-state index in [1.807, 2.05) is 48.1 Å². The maximum atomic E-state index is 13.1. The number of nitrogens with zero attached hydrogens (tertiary/aromatic N) is 7. The van der Waals surface area contributed by atoms with Crippen molar-refractivity contribution >= 4 is 23.6 Å². The van der Waals surface area contributed by atoms with Gasteiger partial charge in [-0.1, -0.05) is 0 Å². The van der Waals surface area contributed by atoms with E-state index in [9.17, 15) is 14.7 Å². The number of pyridine rings is 1. The Morgan fingerprint density at radius 2 is 1.82 bits per heavy atom. The average Bonchev–Trinajstić information content (AvgIpc) is 3.52. The molecule has 2 aliphatic rings. The van der Waals surface area contributed by atoms with Gasteiger partial charge in [0.05, 0.1) is 17.8 Å². The summed E-state index contributed by atoms with van der Waals surface area (Å²) in [5, 5.41) is 17.4. The highest BCUT2D eigenvalue weighted by Crippen LogP contribution is 2.32. The lowest BCUT2D eigenvalue weighted by Gasteiger charge is -2.39. The number of carbonyl (C=O) groups excluding carboxylic acids is 1. The molecule has 2 N–H and O–H groups in total. The van der Waals surface area contributed by atoms with E-state index < -0.39 is 6.09 Å². The molecule has 0 radical (unpaired) electrons. The molecule has 11 heteroatoms. The van der Waals surface area contributed by atoms with Crippen LogP contribution in [-0.2, 0) is 6.54 Å². The summed E-state index contributed by atoms with van der Waals surface area (Å²) in [6, 6.07) is 12.6. The predicted molar refractivity (Wildman–Crippen MR) is 144 cm³/mol. The molecule has 2 amide bonds. The fourth-order valence-electron chi connectivity index (χ4n) is 5.44. The van der Waals surface area contributed by atoms with Crippen LogP contribution in [0.25, 0.3) is 22.5 Å². The van der Waals surface area contributed by atoms with Crippen molar-refractivity contribution in [2.24, 2.45) is 0 Å². The number of hydrogen-bond acceptors (Lipinski definition) is 7. The lowest BCUT2D eigenvalue weighted by molar-refractivity contribution is 0.0448. The Labute approximate surface area is 225 Å². The lowest BCUT2D eigenvalue weighted by Crippen LogP contribution is -2.56. The summed E-state index contributed by atoms with van der Waals surface area (Å²) < 4.78 is 1.87. The number of carboxylic acid groups (broad SMARTS) is 1. The summed E-state index contributed by atoms with van der Waals surface area (Å²) in [4.78, 5) is 41.3. The van der Waals surface area contributed by atoms with E-state index in [2.05, 4.69) is 15.3 Å². The third-order valence-corrected chi connectivity index (χ3v) is 7.33. The largest absolute Gasteiger partial charge is 0.465 e. The Morgan fingerprint density at radius 1 is 1.05 bits per heavy atom. The monoisotopic (exact) mass is 524 g/mol. The van der Waals surface area contributed by atoms with Gasteiger partial charge < -0.3 is 15.3 Å². The van der Waals surface area contributed by atoms with Crippen LogP contribution in [0.4, 0.5) is 16.4 Å². The van der Waals surface area contributed by atoms with Crippen molar-refractivity contribution in [1.82, 2.24) is 34.5 Å². The standard InChI is InChI=1S/C28H28N8O3/c1-2-35-17-23(25(33-35)19-4-3-12-29-14-19)24-11-13-30-27(32-24)31-20-7-5-18(6-8-20)26(37)34-15-21-9-10-22(16-34)36(21)28(38)39/h3-8,11-14,17,21-22H,2,9-10,15-16H2,1H3,(H,38,39)(H,30,31,32). The van der Waals surface area contributed by atoms with E-state index >= 15 is 0 Å². The van der Waals surface area contributed by atoms with E-state index in [4.69, 9.17) is 10.1 Å². The molecule has 0 spiro atoms. The number of anilines is 2. The Morgan fingerprint density at radius 3 is 2.49 bits per heavy atom. The quantitative estimate of drug-likeness (QED) is 0.385. The zero-order valence-electron chi connectivity index (χ0n) is 21.4. The minimum atomic E-state index is -0.899. The molecule has 2 bridgehead atoms. The fourth-order valence-corrected chi connectivity index (χ4v) is 5.44. The Kier molecular flexibility index (Phi) is 6.39. The third-order valence-electron chi connectivity index (χ3n) is 7.33. The number of nitrogens with one attached hydrogen (secondary N) is 1. The van der Waals surface area contributed by atoms with Crippen molar-refractivity contribution in [2.45, 2.75) is 38.4 Å². The molecule has 3 aromatic heterocycles. The summed E-state index contributed by atoms with van der Waals surface area (Å²) >= 11 is 0. The summed E-state index contributed by atoms with van der Waals surface area (Å²) in [6.07, 6.45) is 7.88. The van der Waals surface area contributed by atoms with Gasteiger partial charge in [0.15, 0.2) is 0 Å². The molecule has 1 aromatic carbocycles. The van der Waals surface area contributed by atoms with Crippen molar-refractivity contribution in [2.75, 3.05) is 18.4 Å². The smallest absolute Gasteiger partial charge is 0.407 e. The second-order valence-corrected chi connectivity index (χ2v) is 9.74. The molecule has 4 aromatic rings. The molecular formula is C28H28N8O3. The van der Waals surface area contributed by atoms with Gasteiger partial charge in [0, 0.05) is 66.8 Å². The molecule has 11 nitrogen and oxygen atoms in total. The van der Waals surface area contributed by atoms with Crippen LogP contribution < -0.4 is 5.32 Å². The number of rotatable bonds is 6. The molecular weight excluding hydrogens is 496 g/mol. The van der Waals surface area contributed by atoms with E-state index in [0.717, 1.165) is 47.6 Å². The van der Waals surface area contributed by atoms with Gasteiger partial charge in [0.25, 0.3) is 5.91 Å². The van der Waals surface area contributed by atoms with Crippen molar-refractivity contribution < 1.29 is 14.7 Å². The lowest BCUT2D eigenvalue weighted by atomic mass is 10.1. The first-order valence-corrected chi connectivity index (χ1v) is 13.0. The summed E-state index contributed by atoms with van der Waals surface area (Å²) in [5.74, 6) is 0.340. The number of hydrogen-bond donors (Lipinski definition) is 2. The van der Waals surface area contributed by atoms with E-state index in [1.165, 1.54) is 4.90 Å². The first kappa shape index (κ1) is 24.5. The highest BCUT2D eigenvalue weighted by atomic mass is 16.4. The molecule has 2 atom stereocenters. The van der Waals surface area contributed by atoms with Crippen LogP contribution in [-0.4, -0.2) is 76.8 Å². The minimum absolute atomic E-state index is 0.0856.